The summed E-state index contributed by atoms with van der Waals surface area (Å²) < 4.78 is 12.9. The van der Waals surface area contributed by atoms with Crippen LogP contribution in [0.1, 0.15) is 5.56 Å². The molecule has 7 nitrogen and oxygen atoms in total. The Bertz CT molecular complexity index is 634. The van der Waals surface area contributed by atoms with E-state index in [1.165, 1.54) is 0 Å². The molecular formula is C12H8FN3O4. The molecule has 0 aliphatic heterocycles. The summed E-state index contributed by atoms with van der Waals surface area (Å²) in [6, 6.07) is 3.80. The number of anilines is 1. The maximum Gasteiger partial charge on any atom is 0.328 e. The van der Waals surface area contributed by atoms with Gasteiger partial charge in [0.25, 0.3) is 5.91 Å². The fraction of sp³-hybridized carbons (Fsp3) is 0. The minimum Gasteiger partial charge on any atom is -0.478 e. The number of carboxylic acids is 1. The Morgan fingerprint density at radius 3 is 2.60 bits per heavy atom. The summed E-state index contributed by atoms with van der Waals surface area (Å²) in [6.07, 6.45) is 1.21. The van der Waals surface area contributed by atoms with E-state index in [9.17, 15) is 18.8 Å². The molecule has 1 aromatic carbocycles. The monoisotopic (exact) mass is 277 g/mol. The van der Waals surface area contributed by atoms with Crippen LogP contribution < -0.4 is 10.6 Å². The van der Waals surface area contributed by atoms with Crippen LogP contribution in [0.2, 0.25) is 0 Å². The first-order valence-corrected chi connectivity index (χ1v) is 5.15. The first-order valence-electron chi connectivity index (χ1n) is 5.15. The Balaban J connectivity index is 2.70. The Morgan fingerprint density at radius 1 is 1.30 bits per heavy atom. The maximum absolute atomic E-state index is 12.9. The Kier molecular flexibility index (Phi) is 4.94. The molecule has 0 radical (unpaired) electrons. The second-order valence-corrected chi connectivity index (χ2v) is 3.42. The molecule has 0 aromatic heterocycles. The number of urea groups is 1. The summed E-state index contributed by atoms with van der Waals surface area (Å²) in [5.74, 6) is -2.94. The van der Waals surface area contributed by atoms with Crippen LogP contribution in [-0.2, 0) is 9.59 Å². The highest BCUT2D eigenvalue weighted by molar-refractivity contribution is 6.06. The van der Waals surface area contributed by atoms with Crippen molar-refractivity contribution in [2.24, 2.45) is 0 Å². The summed E-state index contributed by atoms with van der Waals surface area (Å²) in [7, 11) is 0. The van der Waals surface area contributed by atoms with E-state index in [2.05, 4.69) is 5.32 Å². The highest BCUT2D eigenvalue weighted by Crippen LogP contribution is 2.15. The molecule has 0 saturated heterocycles. The van der Waals surface area contributed by atoms with Crippen LogP contribution in [0.3, 0.4) is 0 Å². The molecule has 0 bridgehead atoms. The zero-order chi connectivity index (χ0) is 15.1. The summed E-state index contributed by atoms with van der Waals surface area (Å²) in [5, 5.41) is 21.0. The van der Waals surface area contributed by atoms with Crippen molar-refractivity contribution in [1.82, 2.24) is 5.32 Å². The Morgan fingerprint density at radius 2 is 2.00 bits per heavy atom. The zero-order valence-corrected chi connectivity index (χ0v) is 9.88. The van der Waals surface area contributed by atoms with Gasteiger partial charge < -0.3 is 10.4 Å². The predicted molar refractivity (Wildman–Crippen MR) is 65.1 cm³/mol. The van der Waals surface area contributed by atoms with Crippen LogP contribution in [0, 0.1) is 17.1 Å². The lowest BCUT2D eigenvalue weighted by atomic mass is 10.2. The van der Waals surface area contributed by atoms with Gasteiger partial charge in [0.2, 0.25) is 0 Å². The standard InChI is InChI=1S/C12H8FN3O4/c13-8-1-2-9(7(5-8)6-14)15-12(20)16-10(17)3-4-11(18)19/h1-5H,(H,18,19)(H2,15,16,17,20)/b4-3+. The number of aliphatic carboxylic acids is 1. The van der Waals surface area contributed by atoms with Crippen LogP contribution >= 0.6 is 0 Å². The second-order valence-electron chi connectivity index (χ2n) is 3.42. The van der Waals surface area contributed by atoms with Crippen LogP contribution in [0.4, 0.5) is 14.9 Å². The summed E-state index contributed by atoms with van der Waals surface area (Å²) >= 11 is 0. The van der Waals surface area contributed by atoms with Gasteiger partial charge in [0.1, 0.15) is 11.9 Å². The first kappa shape index (κ1) is 14.8. The van der Waals surface area contributed by atoms with Crippen molar-refractivity contribution in [3.05, 3.63) is 41.7 Å². The molecule has 3 N–H and O–H groups in total. The van der Waals surface area contributed by atoms with E-state index >= 15 is 0 Å². The number of halogens is 1. The molecule has 3 amide bonds. The van der Waals surface area contributed by atoms with E-state index in [0.717, 1.165) is 18.2 Å². The van der Waals surface area contributed by atoms with Crippen LogP contribution in [0.25, 0.3) is 0 Å². The smallest absolute Gasteiger partial charge is 0.328 e. The minimum atomic E-state index is -1.34. The molecule has 102 valence electrons. The third-order valence-corrected chi connectivity index (χ3v) is 1.96. The normalized spacial score (nSPS) is 9.80. The lowest BCUT2D eigenvalue weighted by molar-refractivity contribution is -0.131. The van der Waals surface area contributed by atoms with Gasteiger partial charge in [0.15, 0.2) is 0 Å². The van der Waals surface area contributed by atoms with E-state index in [1.807, 2.05) is 5.32 Å². The van der Waals surface area contributed by atoms with Crippen LogP contribution in [0.5, 0.6) is 0 Å². The summed E-state index contributed by atoms with van der Waals surface area (Å²) in [5.41, 5.74) is -0.102. The number of amides is 3. The van der Waals surface area contributed by atoms with E-state index < -0.39 is 23.7 Å². The zero-order valence-electron chi connectivity index (χ0n) is 9.88. The van der Waals surface area contributed by atoms with Gasteiger partial charge in [-0.25, -0.2) is 14.0 Å². The molecule has 0 saturated carbocycles. The largest absolute Gasteiger partial charge is 0.478 e. The molecule has 20 heavy (non-hydrogen) atoms. The number of nitrogens with one attached hydrogen (secondary N) is 2. The van der Waals surface area contributed by atoms with Gasteiger partial charge in [0.05, 0.1) is 11.3 Å². The average molecular weight is 277 g/mol. The number of benzene rings is 1. The number of nitriles is 1. The summed E-state index contributed by atoms with van der Waals surface area (Å²) in [6.45, 7) is 0. The van der Waals surface area contributed by atoms with Gasteiger partial charge >= 0.3 is 12.0 Å². The Labute approximate surface area is 112 Å². The molecule has 0 fully saturated rings. The van der Waals surface area contributed by atoms with Crippen molar-refractivity contribution < 1.29 is 23.9 Å². The first-order chi connectivity index (χ1) is 9.42. The number of imide groups is 1. The van der Waals surface area contributed by atoms with Crippen molar-refractivity contribution in [2.75, 3.05) is 5.32 Å². The number of rotatable bonds is 3. The molecule has 0 aliphatic carbocycles. The number of carboxylic acid groups (broad SMARTS) is 1. The molecule has 0 heterocycles. The van der Waals surface area contributed by atoms with Crippen LogP contribution in [0.15, 0.2) is 30.4 Å². The number of hydrogen-bond acceptors (Lipinski definition) is 4. The summed E-state index contributed by atoms with van der Waals surface area (Å²) in [4.78, 5) is 32.7. The third-order valence-electron chi connectivity index (χ3n) is 1.96. The minimum absolute atomic E-state index is 0.0152. The SMILES string of the molecule is N#Cc1cc(F)ccc1NC(=O)NC(=O)/C=C/C(=O)O. The number of carbonyl (C=O) groups is 3. The van der Waals surface area contributed by atoms with Crippen molar-refractivity contribution in [1.29, 1.82) is 5.26 Å². The predicted octanol–water partition coefficient (Wildman–Crippen LogP) is 0.986. The van der Waals surface area contributed by atoms with Crippen LogP contribution in [-0.4, -0.2) is 23.0 Å². The van der Waals surface area contributed by atoms with E-state index in [4.69, 9.17) is 10.4 Å². The molecule has 1 rings (SSSR count). The van der Waals surface area contributed by atoms with Gasteiger partial charge in [-0.15, -0.1) is 0 Å². The lowest BCUT2D eigenvalue weighted by Crippen LogP contribution is -2.33. The van der Waals surface area contributed by atoms with Gasteiger partial charge in [-0.3, -0.25) is 10.1 Å². The Hall–Kier alpha value is -3.21. The molecule has 0 spiro atoms. The average Bonchev–Trinajstić information content (AvgIpc) is 2.38. The van der Waals surface area contributed by atoms with Gasteiger partial charge in [0, 0.05) is 12.2 Å². The van der Waals surface area contributed by atoms with E-state index in [0.29, 0.717) is 12.2 Å². The molecule has 0 unspecified atom stereocenters. The maximum atomic E-state index is 12.9. The van der Waals surface area contributed by atoms with E-state index in [-0.39, 0.29) is 11.3 Å². The topological polar surface area (TPSA) is 119 Å². The highest BCUT2D eigenvalue weighted by atomic mass is 19.1. The van der Waals surface area contributed by atoms with Crippen molar-refractivity contribution >= 4 is 23.6 Å². The molecular weight excluding hydrogens is 269 g/mol. The second kappa shape index (κ2) is 6.65. The quantitative estimate of drug-likeness (QED) is 0.711. The van der Waals surface area contributed by atoms with Crippen molar-refractivity contribution in [2.45, 2.75) is 0 Å². The van der Waals surface area contributed by atoms with Crippen molar-refractivity contribution in [3.63, 3.8) is 0 Å². The fourth-order valence-corrected chi connectivity index (χ4v) is 1.17. The molecule has 8 heteroatoms. The third kappa shape index (κ3) is 4.58. The van der Waals surface area contributed by atoms with E-state index in [1.54, 1.807) is 6.07 Å². The molecule has 0 aliphatic rings. The molecule has 0 atom stereocenters. The highest BCUT2D eigenvalue weighted by Gasteiger charge is 2.09. The van der Waals surface area contributed by atoms with Gasteiger partial charge in [-0.2, -0.15) is 5.26 Å². The fourth-order valence-electron chi connectivity index (χ4n) is 1.17. The lowest BCUT2D eigenvalue weighted by Gasteiger charge is -2.06. The van der Waals surface area contributed by atoms with Gasteiger partial charge in [-0.1, -0.05) is 0 Å². The van der Waals surface area contributed by atoms with Crippen molar-refractivity contribution in [3.8, 4) is 6.07 Å². The molecule has 1 aromatic rings. The van der Waals surface area contributed by atoms with Gasteiger partial charge in [-0.05, 0) is 18.2 Å². The number of nitrogens with zero attached hydrogens (tertiary/aromatic N) is 1. The number of carbonyl (C=O) groups excluding carboxylic acids is 2. The number of hydrogen-bond donors (Lipinski definition) is 3.